The summed E-state index contributed by atoms with van der Waals surface area (Å²) in [4.78, 5) is 2.41. The van der Waals surface area contributed by atoms with Crippen molar-refractivity contribution < 1.29 is 17.9 Å². The fraction of sp³-hybridized carbons (Fsp3) is 0.292. The molecule has 0 saturated heterocycles. The van der Waals surface area contributed by atoms with Gasteiger partial charge in [0.15, 0.2) is 16.5 Å². The second-order valence-electron chi connectivity index (χ2n) is 7.71. The van der Waals surface area contributed by atoms with Gasteiger partial charge in [-0.05, 0) is 36.7 Å². The Morgan fingerprint density at radius 2 is 1.72 bits per heavy atom. The predicted molar refractivity (Wildman–Crippen MR) is 123 cm³/mol. The largest absolute Gasteiger partial charge is 0.486 e. The van der Waals surface area contributed by atoms with Crippen LogP contribution in [0.15, 0.2) is 64.5 Å². The van der Waals surface area contributed by atoms with E-state index in [9.17, 15) is 8.42 Å². The third-order valence-electron chi connectivity index (χ3n) is 5.91. The molecule has 5 rings (SSSR count). The molecule has 7 nitrogen and oxygen atoms in total. The summed E-state index contributed by atoms with van der Waals surface area (Å²) in [5, 5.41) is 6.65. The van der Waals surface area contributed by atoms with Crippen LogP contribution >= 0.6 is 0 Å². The molecule has 0 bridgehead atoms. The molecule has 0 aliphatic carbocycles. The zero-order valence-corrected chi connectivity index (χ0v) is 18.9. The molecule has 3 aromatic carbocycles. The second-order valence-corrected chi connectivity index (χ2v) is 9.55. The van der Waals surface area contributed by atoms with Gasteiger partial charge in [-0.15, -0.1) is 0 Å². The van der Waals surface area contributed by atoms with Crippen molar-refractivity contribution in [3.8, 4) is 11.5 Å². The molecule has 1 aliphatic rings. The molecule has 166 valence electrons. The van der Waals surface area contributed by atoms with E-state index < -0.39 is 9.84 Å². The minimum Gasteiger partial charge on any atom is -0.486 e. The third-order valence-corrected chi connectivity index (χ3v) is 7.64. The lowest BCUT2D eigenvalue weighted by Gasteiger charge is -2.20. The Labute approximate surface area is 187 Å². The Hall–Kier alpha value is -3.10. The normalized spacial score (nSPS) is 13.8. The van der Waals surface area contributed by atoms with Gasteiger partial charge in [-0.1, -0.05) is 50.2 Å². The van der Waals surface area contributed by atoms with E-state index >= 15 is 0 Å². The molecule has 0 N–H and O–H groups in total. The Morgan fingerprint density at radius 3 is 2.53 bits per heavy atom. The van der Waals surface area contributed by atoms with Gasteiger partial charge in [-0.3, -0.25) is 4.90 Å². The van der Waals surface area contributed by atoms with Gasteiger partial charge in [-0.25, -0.2) is 13.1 Å². The first-order valence-corrected chi connectivity index (χ1v) is 12.3. The van der Waals surface area contributed by atoms with E-state index in [4.69, 9.17) is 9.47 Å². The van der Waals surface area contributed by atoms with Crippen LogP contribution in [0.3, 0.4) is 0 Å². The standard InChI is InChI=1S/C24H25N3O4S/c1-3-26(4-2)16-27-19-12-13-20-23(31-15-14-30-20)22(19)24(25-27)32(28,29)21-11-7-9-17-8-5-6-10-18(17)21/h5-13H,3-4,14-16H2,1-2H3. The van der Waals surface area contributed by atoms with Crippen LogP contribution in [0.2, 0.25) is 0 Å². The Kier molecular flexibility index (Phi) is 5.27. The predicted octanol–water partition coefficient (Wildman–Crippen LogP) is 4.09. The van der Waals surface area contributed by atoms with Gasteiger partial charge >= 0.3 is 0 Å². The molecule has 8 heteroatoms. The maximum Gasteiger partial charge on any atom is 0.227 e. The Bertz CT molecular complexity index is 1400. The van der Waals surface area contributed by atoms with Crippen LogP contribution in [0.1, 0.15) is 13.8 Å². The van der Waals surface area contributed by atoms with Gasteiger partial charge in [0, 0.05) is 5.39 Å². The van der Waals surface area contributed by atoms with E-state index in [1.165, 1.54) is 0 Å². The van der Waals surface area contributed by atoms with Gasteiger partial charge in [0.05, 0.1) is 22.5 Å². The average molecular weight is 452 g/mol. The number of sulfone groups is 1. The quantitative estimate of drug-likeness (QED) is 0.440. The molecule has 0 atom stereocenters. The summed E-state index contributed by atoms with van der Waals surface area (Å²) in [5.74, 6) is 0.985. The maximum absolute atomic E-state index is 14.0. The summed E-state index contributed by atoms with van der Waals surface area (Å²) >= 11 is 0. The summed E-state index contributed by atoms with van der Waals surface area (Å²) in [6.45, 7) is 7.07. The molecule has 2 heterocycles. The average Bonchev–Trinajstić information content (AvgIpc) is 3.21. The van der Waals surface area contributed by atoms with Crippen LogP contribution in [0.4, 0.5) is 0 Å². The fourth-order valence-electron chi connectivity index (χ4n) is 4.18. The van der Waals surface area contributed by atoms with E-state index in [-0.39, 0.29) is 9.92 Å². The van der Waals surface area contributed by atoms with Gasteiger partial charge < -0.3 is 9.47 Å². The first kappa shape index (κ1) is 20.8. The summed E-state index contributed by atoms with van der Waals surface area (Å²) in [5.41, 5.74) is 0.708. The molecule has 1 aromatic heterocycles. The number of fused-ring (bicyclic) bond motifs is 4. The molecule has 0 saturated carbocycles. The van der Waals surface area contributed by atoms with Crippen molar-refractivity contribution >= 4 is 31.5 Å². The van der Waals surface area contributed by atoms with Crippen LogP contribution in [0.25, 0.3) is 21.7 Å². The lowest BCUT2D eigenvalue weighted by atomic mass is 10.1. The third kappa shape index (κ3) is 3.30. The molecule has 0 spiro atoms. The molecule has 0 fully saturated rings. The minimum absolute atomic E-state index is 0.00152. The van der Waals surface area contributed by atoms with Crippen molar-refractivity contribution in [3.05, 3.63) is 54.6 Å². The first-order valence-electron chi connectivity index (χ1n) is 10.8. The van der Waals surface area contributed by atoms with E-state index in [2.05, 4.69) is 23.8 Å². The number of benzene rings is 3. The van der Waals surface area contributed by atoms with Gasteiger partial charge in [-0.2, -0.15) is 5.10 Å². The molecule has 0 unspecified atom stereocenters. The van der Waals surface area contributed by atoms with Crippen LogP contribution in [0, 0.1) is 0 Å². The zero-order valence-electron chi connectivity index (χ0n) is 18.1. The first-order chi connectivity index (χ1) is 15.5. The van der Waals surface area contributed by atoms with Crippen molar-refractivity contribution in [1.29, 1.82) is 0 Å². The van der Waals surface area contributed by atoms with Crippen molar-refractivity contribution in [1.82, 2.24) is 14.7 Å². The van der Waals surface area contributed by atoms with Crippen molar-refractivity contribution in [2.24, 2.45) is 0 Å². The molecule has 32 heavy (non-hydrogen) atoms. The van der Waals surface area contributed by atoms with E-state index in [0.717, 1.165) is 18.5 Å². The molecule has 4 aromatic rings. The summed E-state index contributed by atoms with van der Waals surface area (Å²) in [6.07, 6.45) is 0. The van der Waals surface area contributed by atoms with Gasteiger partial charge in [0.25, 0.3) is 0 Å². The van der Waals surface area contributed by atoms with E-state index in [0.29, 0.717) is 47.7 Å². The van der Waals surface area contributed by atoms with Crippen LogP contribution in [0.5, 0.6) is 11.5 Å². The fourth-order valence-corrected chi connectivity index (χ4v) is 5.80. The van der Waals surface area contributed by atoms with E-state index in [1.807, 2.05) is 42.5 Å². The molecule has 1 aliphatic heterocycles. The molecule has 0 amide bonds. The number of ether oxygens (including phenoxy) is 2. The summed E-state index contributed by atoms with van der Waals surface area (Å²) in [6, 6.07) is 16.5. The van der Waals surface area contributed by atoms with E-state index in [1.54, 1.807) is 16.8 Å². The van der Waals surface area contributed by atoms with Crippen molar-refractivity contribution in [2.75, 3.05) is 26.3 Å². The topological polar surface area (TPSA) is 73.7 Å². The monoisotopic (exact) mass is 451 g/mol. The molecule has 0 radical (unpaired) electrons. The smallest absolute Gasteiger partial charge is 0.227 e. The summed E-state index contributed by atoms with van der Waals surface area (Å²) in [7, 11) is -3.94. The van der Waals surface area contributed by atoms with Crippen LogP contribution < -0.4 is 9.47 Å². The highest BCUT2D eigenvalue weighted by Gasteiger charge is 2.31. The van der Waals surface area contributed by atoms with Crippen molar-refractivity contribution in [3.63, 3.8) is 0 Å². The highest BCUT2D eigenvalue weighted by molar-refractivity contribution is 7.91. The lowest BCUT2D eigenvalue weighted by Crippen LogP contribution is -2.26. The maximum atomic E-state index is 14.0. The Morgan fingerprint density at radius 1 is 0.969 bits per heavy atom. The van der Waals surface area contributed by atoms with Gasteiger partial charge in [0.2, 0.25) is 9.84 Å². The lowest BCUT2D eigenvalue weighted by molar-refractivity contribution is 0.173. The summed E-state index contributed by atoms with van der Waals surface area (Å²) < 4.78 is 41.4. The van der Waals surface area contributed by atoms with Crippen molar-refractivity contribution in [2.45, 2.75) is 30.4 Å². The zero-order chi connectivity index (χ0) is 22.3. The van der Waals surface area contributed by atoms with Crippen LogP contribution in [-0.2, 0) is 16.5 Å². The number of nitrogens with zero attached hydrogens (tertiary/aromatic N) is 3. The minimum atomic E-state index is -3.94. The molecular formula is C24H25N3O4S. The molecular weight excluding hydrogens is 426 g/mol. The Balaban J connectivity index is 1.79. The van der Waals surface area contributed by atoms with Gasteiger partial charge in [0.1, 0.15) is 13.2 Å². The highest BCUT2D eigenvalue weighted by atomic mass is 32.2. The number of hydrogen-bond donors (Lipinski definition) is 0. The SMILES string of the molecule is CCN(CC)Cn1nc(S(=O)(=O)c2cccc3ccccc23)c2c3c(ccc21)OCCO3. The highest BCUT2D eigenvalue weighted by Crippen LogP contribution is 2.42. The second kappa shape index (κ2) is 8.11. The number of aromatic nitrogens is 2. The van der Waals surface area contributed by atoms with Crippen LogP contribution in [-0.4, -0.2) is 49.4 Å². The number of rotatable bonds is 6. The number of hydrogen-bond acceptors (Lipinski definition) is 6.